The number of nitrogen functional groups attached to an aromatic ring is 1. The van der Waals surface area contributed by atoms with Crippen molar-refractivity contribution in [2.24, 2.45) is 0 Å². The molecule has 0 spiro atoms. The lowest BCUT2D eigenvalue weighted by atomic mass is 10.1. The van der Waals surface area contributed by atoms with E-state index in [2.05, 4.69) is 24.9 Å². The molecule has 0 fully saturated rings. The molecular formula is C14H16N2O. The van der Waals surface area contributed by atoms with E-state index in [9.17, 15) is 0 Å². The minimum Gasteiger partial charge on any atom is -0.489 e. The van der Waals surface area contributed by atoms with Gasteiger partial charge < -0.3 is 10.5 Å². The van der Waals surface area contributed by atoms with Crippen LogP contribution in [0.25, 0.3) is 0 Å². The van der Waals surface area contributed by atoms with Crippen molar-refractivity contribution < 1.29 is 4.74 Å². The SMILES string of the molecule is Cc1cc(C)cc(OCc2ccnc(N)c2)c1. The van der Waals surface area contributed by atoms with Gasteiger partial charge in [0.15, 0.2) is 0 Å². The highest BCUT2D eigenvalue weighted by Gasteiger charge is 1.99. The van der Waals surface area contributed by atoms with Crippen LogP contribution in [0, 0.1) is 13.8 Å². The largest absolute Gasteiger partial charge is 0.489 e. The second-order valence-electron chi connectivity index (χ2n) is 4.20. The molecule has 2 aromatic rings. The van der Waals surface area contributed by atoms with Crippen molar-refractivity contribution in [3.63, 3.8) is 0 Å². The van der Waals surface area contributed by atoms with Crippen LogP contribution in [0.1, 0.15) is 16.7 Å². The Kier molecular flexibility index (Phi) is 3.28. The molecule has 0 aliphatic heterocycles. The molecule has 0 unspecified atom stereocenters. The lowest BCUT2D eigenvalue weighted by Crippen LogP contribution is -1.98. The lowest BCUT2D eigenvalue weighted by molar-refractivity contribution is 0.306. The number of pyridine rings is 1. The smallest absolute Gasteiger partial charge is 0.123 e. The fraction of sp³-hybridized carbons (Fsp3) is 0.214. The predicted octanol–water partition coefficient (Wildman–Crippen LogP) is 2.86. The van der Waals surface area contributed by atoms with Crippen molar-refractivity contribution in [3.05, 3.63) is 53.2 Å². The average Bonchev–Trinajstić information content (AvgIpc) is 2.25. The Balaban J connectivity index is 2.07. The lowest BCUT2D eigenvalue weighted by Gasteiger charge is -2.08. The van der Waals surface area contributed by atoms with Crippen LogP contribution in [0.4, 0.5) is 5.82 Å². The van der Waals surface area contributed by atoms with E-state index in [1.165, 1.54) is 11.1 Å². The van der Waals surface area contributed by atoms with Crippen LogP contribution >= 0.6 is 0 Å². The Morgan fingerprint density at radius 1 is 1.12 bits per heavy atom. The summed E-state index contributed by atoms with van der Waals surface area (Å²) in [6, 6.07) is 9.90. The van der Waals surface area contributed by atoms with Crippen molar-refractivity contribution >= 4 is 5.82 Å². The van der Waals surface area contributed by atoms with Gasteiger partial charge in [-0.15, -0.1) is 0 Å². The molecule has 17 heavy (non-hydrogen) atoms. The van der Waals surface area contributed by atoms with Gasteiger partial charge in [-0.1, -0.05) is 6.07 Å². The van der Waals surface area contributed by atoms with Gasteiger partial charge in [0.2, 0.25) is 0 Å². The molecule has 2 N–H and O–H groups in total. The van der Waals surface area contributed by atoms with Gasteiger partial charge in [0.25, 0.3) is 0 Å². The maximum absolute atomic E-state index is 5.73. The molecule has 2 rings (SSSR count). The predicted molar refractivity (Wildman–Crippen MR) is 68.9 cm³/mol. The minimum atomic E-state index is 0.510. The van der Waals surface area contributed by atoms with Crippen LogP contribution in [-0.4, -0.2) is 4.98 Å². The maximum Gasteiger partial charge on any atom is 0.123 e. The Morgan fingerprint density at radius 3 is 2.47 bits per heavy atom. The third-order valence-corrected chi connectivity index (χ3v) is 2.45. The topological polar surface area (TPSA) is 48.1 Å². The molecule has 0 amide bonds. The van der Waals surface area contributed by atoms with E-state index in [0.29, 0.717) is 12.4 Å². The van der Waals surface area contributed by atoms with E-state index in [1.807, 2.05) is 24.3 Å². The van der Waals surface area contributed by atoms with Crippen molar-refractivity contribution in [1.29, 1.82) is 0 Å². The molecule has 3 heteroatoms. The fourth-order valence-electron chi connectivity index (χ4n) is 1.77. The molecule has 88 valence electrons. The number of hydrogen-bond acceptors (Lipinski definition) is 3. The van der Waals surface area contributed by atoms with Gasteiger partial charge in [-0.25, -0.2) is 4.98 Å². The zero-order valence-electron chi connectivity index (χ0n) is 10.1. The number of rotatable bonds is 3. The van der Waals surface area contributed by atoms with Gasteiger partial charge in [-0.2, -0.15) is 0 Å². The molecule has 0 bridgehead atoms. The third kappa shape index (κ3) is 3.21. The summed E-state index contributed by atoms with van der Waals surface area (Å²) in [4.78, 5) is 3.95. The Bertz CT molecular complexity index is 503. The fourth-order valence-corrected chi connectivity index (χ4v) is 1.77. The Morgan fingerprint density at radius 2 is 1.82 bits per heavy atom. The quantitative estimate of drug-likeness (QED) is 0.878. The number of aryl methyl sites for hydroxylation is 2. The Labute approximate surface area is 101 Å². The molecule has 1 aromatic carbocycles. The number of anilines is 1. The van der Waals surface area contributed by atoms with Gasteiger partial charge in [-0.3, -0.25) is 0 Å². The molecule has 0 aliphatic rings. The molecular weight excluding hydrogens is 212 g/mol. The van der Waals surface area contributed by atoms with Crippen molar-refractivity contribution in [2.45, 2.75) is 20.5 Å². The van der Waals surface area contributed by atoms with E-state index in [4.69, 9.17) is 10.5 Å². The second-order valence-corrected chi connectivity index (χ2v) is 4.20. The summed E-state index contributed by atoms with van der Waals surface area (Å²) in [6.45, 7) is 4.63. The van der Waals surface area contributed by atoms with Crippen LogP contribution in [0.3, 0.4) is 0 Å². The summed E-state index contributed by atoms with van der Waals surface area (Å²) in [6.07, 6.45) is 1.69. The van der Waals surface area contributed by atoms with Crippen LogP contribution in [0.5, 0.6) is 5.75 Å². The van der Waals surface area contributed by atoms with Crippen LogP contribution in [0.2, 0.25) is 0 Å². The van der Waals surface area contributed by atoms with Crippen LogP contribution < -0.4 is 10.5 Å². The standard InChI is InChI=1S/C14H16N2O/c1-10-5-11(2)7-13(6-10)17-9-12-3-4-16-14(15)8-12/h3-8H,9H2,1-2H3,(H2,15,16). The maximum atomic E-state index is 5.73. The van der Waals surface area contributed by atoms with Gasteiger partial charge >= 0.3 is 0 Å². The van der Waals surface area contributed by atoms with Crippen molar-refractivity contribution in [1.82, 2.24) is 4.98 Å². The molecule has 1 aromatic heterocycles. The number of ether oxygens (including phenoxy) is 1. The van der Waals surface area contributed by atoms with Gasteiger partial charge in [0, 0.05) is 6.20 Å². The normalized spacial score (nSPS) is 10.2. The van der Waals surface area contributed by atoms with E-state index >= 15 is 0 Å². The van der Waals surface area contributed by atoms with Crippen LogP contribution in [-0.2, 0) is 6.61 Å². The first-order valence-corrected chi connectivity index (χ1v) is 5.55. The summed E-state index contributed by atoms with van der Waals surface area (Å²) in [7, 11) is 0. The molecule has 0 radical (unpaired) electrons. The summed E-state index contributed by atoms with van der Waals surface area (Å²) in [5.74, 6) is 1.41. The van der Waals surface area contributed by atoms with E-state index < -0.39 is 0 Å². The van der Waals surface area contributed by atoms with E-state index in [1.54, 1.807) is 6.20 Å². The number of aromatic nitrogens is 1. The molecule has 0 saturated heterocycles. The number of hydrogen-bond donors (Lipinski definition) is 1. The highest BCUT2D eigenvalue weighted by Crippen LogP contribution is 2.17. The van der Waals surface area contributed by atoms with Crippen molar-refractivity contribution in [3.8, 4) is 5.75 Å². The first kappa shape index (κ1) is 11.5. The van der Waals surface area contributed by atoms with Gasteiger partial charge in [0.05, 0.1) is 0 Å². The zero-order chi connectivity index (χ0) is 12.3. The minimum absolute atomic E-state index is 0.510. The second kappa shape index (κ2) is 4.87. The molecule has 3 nitrogen and oxygen atoms in total. The van der Waals surface area contributed by atoms with Crippen molar-refractivity contribution in [2.75, 3.05) is 5.73 Å². The first-order valence-electron chi connectivity index (χ1n) is 5.55. The Hall–Kier alpha value is -2.03. The van der Waals surface area contributed by atoms with E-state index in [-0.39, 0.29) is 0 Å². The molecule has 1 heterocycles. The number of nitrogens with zero attached hydrogens (tertiary/aromatic N) is 1. The molecule has 0 atom stereocenters. The van der Waals surface area contributed by atoms with Crippen LogP contribution in [0.15, 0.2) is 36.5 Å². The van der Waals surface area contributed by atoms with Gasteiger partial charge in [0.1, 0.15) is 18.2 Å². The monoisotopic (exact) mass is 228 g/mol. The number of nitrogens with two attached hydrogens (primary N) is 1. The summed E-state index contributed by atoms with van der Waals surface area (Å²) >= 11 is 0. The third-order valence-electron chi connectivity index (χ3n) is 2.45. The summed E-state index contributed by atoms with van der Waals surface area (Å²) in [5.41, 5.74) is 9.04. The highest BCUT2D eigenvalue weighted by atomic mass is 16.5. The summed E-state index contributed by atoms with van der Waals surface area (Å²) in [5, 5.41) is 0. The van der Waals surface area contributed by atoms with Gasteiger partial charge in [-0.05, 0) is 54.8 Å². The average molecular weight is 228 g/mol. The highest BCUT2D eigenvalue weighted by molar-refractivity contribution is 5.34. The van der Waals surface area contributed by atoms with E-state index in [0.717, 1.165) is 11.3 Å². The zero-order valence-corrected chi connectivity index (χ0v) is 10.1. The first-order chi connectivity index (χ1) is 8.13. The molecule has 0 saturated carbocycles. The summed E-state index contributed by atoms with van der Waals surface area (Å²) < 4.78 is 5.73. The molecule has 0 aliphatic carbocycles. The number of benzene rings is 1.